The second kappa shape index (κ2) is 5.87. The van der Waals surface area contributed by atoms with Gasteiger partial charge in [0.05, 0.1) is 11.4 Å². The molecule has 0 amide bonds. The van der Waals surface area contributed by atoms with E-state index >= 15 is 0 Å². The first kappa shape index (κ1) is 14.3. The van der Waals surface area contributed by atoms with Crippen LogP contribution in [-0.2, 0) is 13.5 Å². The van der Waals surface area contributed by atoms with Gasteiger partial charge in [-0.2, -0.15) is 5.10 Å². The second-order valence-electron chi connectivity index (χ2n) is 4.89. The molecule has 0 radical (unpaired) electrons. The maximum Gasteiger partial charge on any atom is 0.0710 e. The van der Waals surface area contributed by atoms with Crippen molar-refractivity contribution in [2.75, 3.05) is 7.05 Å². The van der Waals surface area contributed by atoms with E-state index < -0.39 is 0 Å². The number of hydrogen-bond acceptors (Lipinski definition) is 2. The number of aryl methyl sites for hydroxylation is 2. The lowest BCUT2D eigenvalue weighted by molar-refractivity contribution is 0.753. The molecule has 3 heteroatoms. The van der Waals surface area contributed by atoms with Crippen molar-refractivity contribution in [2.45, 2.75) is 20.3 Å². The SMILES string of the molecule is C=C(C=NC)c1ccc(-c2c(C)c(CC)nn2C)cc1. The van der Waals surface area contributed by atoms with Crippen LogP contribution in [0.2, 0.25) is 0 Å². The van der Waals surface area contributed by atoms with Crippen molar-refractivity contribution in [1.29, 1.82) is 0 Å². The lowest BCUT2D eigenvalue weighted by atomic mass is 10.0. The lowest BCUT2D eigenvalue weighted by Crippen LogP contribution is -1.95. The molecule has 0 bridgehead atoms. The summed E-state index contributed by atoms with van der Waals surface area (Å²) in [5.74, 6) is 0. The normalized spacial score (nSPS) is 11.2. The molecule has 0 spiro atoms. The first-order chi connectivity index (χ1) is 9.58. The van der Waals surface area contributed by atoms with Gasteiger partial charge >= 0.3 is 0 Å². The van der Waals surface area contributed by atoms with Crippen molar-refractivity contribution in [3.8, 4) is 11.3 Å². The van der Waals surface area contributed by atoms with Crippen molar-refractivity contribution < 1.29 is 0 Å². The van der Waals surface area contributed by atoms with E-state index in [0.717, 1.165) is 23.3 Å². The fraction of sp³-hybridized carbons (Fsp3) is 0.294. The van der Waals surface area contributed by atoms with Gasteiger partial charge in [0.15, 0.2) is 0 Å². The van der Waals surface area contributed by atoms with Crippen molar-refractivity contribution in [1.82, 2.24) is 9.78 Å². The molecule has 0 aliphatic heterocycles. The molecule has 0 fully saturated rings. The Kier molecular flexibility index (Phi) is 4.18. The number of rotatable bonds is 4. The summed E-state index contributed by atoms with van der Waals surface area (Å²) in [6, 6.07) is 8.40. The summed E-state index contributed by atoms with van der Waals surface area (Å²) >= 11 is 0. The van der Waals surface area contributed by atoms with Gasteiger partial charge in [-0.1, -0.05) is 37.8 Å². The third-order valence-corrected chi connectivity index (χ3v) is 3.53. The fourth-order valence-electron chi connectivity index (χ4n) is 2.50. The third-order valence-electron chi connectivity index (χ3n) is 3.53. The Morgan fingerprint density at radius 2 is 2.00 bits per heavy atom. The highest BCUT2D eigenvalue weighted by Gasteiger charge is 2.12. The standard InChI is InChI=1S/C17H21N3/c1-6-16-13(3)17(20(5)19-16)15-9-7-14(8-10-15)12(2)11-18-4/h7-11H,2,6H2,1,3-5H3. The second-order valence-corrected chi connectivity index (χ2v) is 4.89. The van der Waals surface area contributed by atoms with Crippen LogP contribution >= 0.6 is 0 Å². The predicted octanol–water partition coefficient (Wildman–Crippen LogP) is 3.67. The van der Waals surface area contributed by atoms with E-state index in [4.69, 9.17) is 0 Å². The summed E-state index contributed by atoms with van der Waals surface area (Å²) in [6.45, 7) is 8.27. The highest BCUT2D eigenvalue weighted by molar-refractivity contribution is 6.08. The van der Waals surface area contributed by atoms with Crippen LogP contribution in [0, 0.1) is 6.92 Å². The van der Waals surface area contributed by atoms with Gasteiger partial charge in [0.1, 0.15) is 0 Å². The van der Waals surface area contributed by atoms with Crippen LogP contribution < -0.4 is 0 Å². The molecule has 2 rings (SSSR count). The number of allylic oxidation sites excluding steroid dienone is 1. The summed E-state index contributed by atoms with van der Waals surface area (Å²) in [6.07, 6.45) is 2.74. The topological polar surface area (TPSA) is 30.2 Å². The molecule has 0 aliphatic carbocycles. The quantitative estimate of drug-likeness (QED) is 0.777. The van der Waals surface area contributed by atoms with Gasteiger partial charge < -0.3 is 0 Å². The number of aliphatic imine (C=N–C) groups is 1. The number of nitrogens with zero attached hydrogens (tertiary/aromatic N) is 3. The minimum absolute atomic E-state index is 0.926. The average Bonchev–Trinajstić information content (AvgIpc) is 2.74. The molecule has 0 unspecified atom stereocenters. The van der Waals surface area contributed by atoms with Crippen LogP contribution in [0.1, 0.15) is 23.7 Å². The Morgan fingerprint density at radius 1 is 1.35 bits per heavy atom. The Bertz CT molecular complexity index is 646. The van der Waals surface area contributed by atoms with Crippen LogP contribution in [0.15, 0.2) is 35.8 Å². The van der Waals surface area contributed by atoms with Crippen molar-refractivity contribution in [3.05, 3.63) is 47.7 Å². The molecule has 20 heavy (non-hydrogen) atoms. The molecule has 2 aromatic rings. The van der Waals surface area contributed by atoms with Crippen molar-refractivity contribution in [2.24, 2.45) is 12.0 Å². The lowest BCUT2D eigenvalue weighted by Gasteiger charge is -2.06. The molecule has 0 N–H and O–H groups in total. The smallest absolute Gasteiger partial charge is 0.0710 e. The zero-order chi connectivity index (χ0) is 14.7. The molecule has 1 aromatic carbocycles. The Balaban J connectivity index is 2.40. The molecule has 0 atom stereocenters. The molecule has 0 saturated heterocycles. The molecule has 3 nitrogen and oxygen atoms in total. The Morgan fingerprint density at radius 3 is 2.50 bits per heavy atom. The first-order valence-corrected chi connectivity index (χ1v) is 6.82. The Hall–Kier alpha value is -2.16. The number of hydrogen-bond donors (Lipinski definition) is 0. The maximum absolute atomic E-state index is 4.57. The predicted molar refractivity (Wildman–Crippen MR) is 86.2 cm³/mol. The average molecular weight is 267 g/mol. The van der Waals surface area contributed by atoms with E-state index in [0.29, 0.717) is 0 Å². The van der Waals surface area contributed by atoms with Gasteiger partial charge in [0.2, 0.25) is 0 Å². The van der Waals surface area contributed by atoms with E-state index in [2.05, 4.69) is 54.8 Å². The Labute approximate surface area is 120 Å². The summed E-state index contributed by atoms with van der Waals surface area (Å²) in [4.78, 5) is 4.00. The monoisotopic (exact) mass is 267 g/mol. The van der Waals surface area contributed by atoms with Crippen LogP contribution in [-0.4, -0.2) is 23.0 Å². The number of aromatic nitrogens is 2. The van der Waals surface area contributed by atoms with Crippen LogP contribution in [0.4, 0.5) is 0 Å². The largest absolute Gasteiger partial charge is 0.296 e. The van der Waals surface area contributed by atoms with Gasteiger partial charge in [-0.3, -0.25) is 9.67 Å². The molecular formula is C17H21N3. The van der Waals surface area contributed by atoms with Gasteiger partial charge in [-0.25, -0.2) is 0 Å². The maximum atomic E-state index is 4.57. The minimum Gasteiger partial charge on any atom is -0.296 e. The first-order valence-electron chi connectivity index (χ1n) is 6.82. The fourth-order valence-corrected chi connectivity index (χ4v) is 2.50. The van der Waals surface area contributed by atoms with Gasteiger partial charge in [0.25, 0.3) is 0 Å². The van der Waals surface area contributed by atoms with E-state index in [1.54, 1.807) is 13.3 Å². The molecular weight excluding hydrogens is 246 g/mol. The molecule has 0 saturated carbocycles. The van der Waals surface area contributed by atoms with E-state index in [1.807, 2.05) is 11.7 Å². The van der Waals surface area contributed by atoms with Gasteiger partial charge in [0, 0.05) is 25.9 Å². The molecule has 1 heterocycles. The zero-order valence-electron chi connectivity index (χ0n) is 12.6. The number of benzene rings is 1. The van der Waals surface area contributed by atoms with E-state index in [-0.39, 0.29) is 0 Å². The molecule has 1 aromatic heterocycles. The van der Waals surface area contributed by atoms with E-state index in [9.17, 15) is 0 Å². The van der Waals surface area contributed by atoms with Gasteiger partial charge in [-0.05, 0) is 30.0 Å². The zero-order valence-corrected chi connectivity index (χ0v) is 12.6. The van der Waals surface area contributed by atoms with Crippen LogP contribution in [0.25, 0.3) is 16.8 Å². The van der Waals surface area contributed by atoms with Gasteiger partial charge in [-0.15, -0.1) is 0 Å². The highest BCUT2D eigenvalue weighted by atomic mass is 15.3. The third kappa shape index (κ3) is 2.57. The summed E-state index contributed by atoms with van der Waals surface area (Å²) in [7, 11) is 3.75. The molecule has 0 aliphatic rings. The van der Waals surface area contributed by atoms with E-state index in [1.165, 1.54) is 16.8 Å². The van der Waals surface area contributed by atoms with Crippen molar-refractivity contribution >= 4 is 11.8 Å². The minimum atomic E-state index is 0.926. The summed E-state index contributed by atoms with van der Waals surface area (Å²) in [5, 5.41) is 4.57. The molecule has 104 valence electrons. The van der Waals surface area contributed by atoms with Crippen LogP contribution in [0.3, 0.4) is 0 Å². The van der Waals surface area contributed by atoms with Crippen molar-refractivity contribution in [3.63, 3.8) is 0 Å². The summed E-state index contributed by atoms with van der Waals surface area (Å²) in [5.41, 5.74) is 6.81. The van der Waals surface area contributed by atoms with Crippen LogP contribution in [0.5, 0.6) is 0 Å². The summed E-state index contributed by atoms with van der Waals surface area (Å²) < 4.78 is 1.96. The highest BCUT2D eigenvalue weighted by Crippen LogP contribution is 2.26.